The van der Waals surface area contributed by atoms with Crippen molar-refractivity contribution in [2.45, 2.75) is 70.8 Å². The van der Waals surface area contributed by atoms with Crippen LogP contribution in [0, 0.1) is 5.92 Å². The van der Waals surface area contributed by atoms with E-state index in [1.54, 1.807) is 18.2 Å². The molecule has 182 valence electrons. The number of halogens is 1. The Bertz CT molecular complexity index is 781. The minimum absolute atomic E-state index is 0.0851. The SMILES string of the molecule is C=C/C=C\C(CC)=C(/C)F.C[NH+](C)C1CCN(C(=O)C(c2ccccc2)C2CCCC2)CC1. The summed E-state index contributed by atoms with van der Waals surface area (Å²) in [5.74, 6) is 0.903. The fraction of sp³-hybridized carbons (Fsp3) is 0.552. The smallest absolute Gasteiger partial charge is 0.230 e. The van der Waals surface area contributed by atoms with Crippen LogP contribution in [-0.4, -0.2) is 44.0 Å². The van der Waals surface area contributed by atoms with Gasteiger partial charge in [-0.1, -0.05) is 74.9 Å². The molecule has 2 fully saturated rings. The van der Waals surface area contributed by atoms with Crippen molar-refractivity contribution in [3.8, 4) is 0 Å². The van der Waals surface area contributed by atoms with E-state index in [0.29, 0.717) is 17.9 Å². The van der Waals surface area contributed by atoms with Gasteiger partial charge in [0.25, 0.3) is 0 Å². The number of hydrogen-bond donors (Lipinski definition) is 1. The maximum atomic E-state index is 13.3. The molecule has 3 nitrogen and oxygen atoms in total. The molecule has 4 heteroatoms. The Balaban J connectivity index is 0.000000328. The number of allylic oxidation sites excluding steroid dienone is 5. The van der Waals surface area contributed by atoms with E-state index in [4.69, 9.17) is 0 Å². The molecule has 1 aliphatic heterocycles. The number of likely N-dealkylation sites (tertiary alicyclic amines) is 1. The second-order valence-corrected chi connectivity index (χ2v) is 9.62. The van der Waals surface area contributed by atoms with Crippen LogP contribution in [0.4, 0.5) is 4.39 Å². The molecule has 0 spiro atoms. The van der Waals surface area contributed by atoms with Gasteiger partial charge in [0.15, 0.2) is 0 Å². The lowest BCUT2D eigenvalue weighted by atomic mass is 9.83. The molecule has 1 saturated carbocycles. The predicted octanol–water partition coefficient (Wildman–Crippen LogP) is 5.48. The highest BCUT2D eigenvalue weighted by molar-refractivity contribution is 5.84. The van der Waals surface area contributed by atoms with E-state index in [9.17, 15) is 9.18 Å². The number of carbonyl (C=O) groups is 1. The topological polar surface area (TPSA) is 24.8 Å². The van der Waals surface area contributed by atoms with Crippen molar-refractivity contribution in [3.63, 3.8) is 0 Å². The molecule has 1 N–H and O–H groups in total. The Morgan fingerprint density at radius 1 is 1.15 bits per heavy atom. The third-order valence-electron chi connectivity index (χ3n) is 7.18. The van der Waals surface area contributed by atoms with E-state index < -0.39 is 0 Å². The number of nitrogens with zero attached hydrogens (tertiary/aromatic N) is 1. The van der Waals surface area contributed by atoms with Gasteiger partial charge in [-0.2, -0.15) is 0 Å². The monoisotopic (exact) mass is 455 g/mol. The largest absolute Gasteiger partial charge is 0.342 e. The van der Waals surface area contributed by atoms with E-state index in [1.807, 2.05) is 13.0 Å². The Morgan fingerprint density at radius 3 is 2.24 bits per heavy atom. The molecule has 1 aromatic rings. The summed E-state index contributed by atoms with van der Waals surface area (Å²) in [7, 11) is 4.46. The lowest BCUT2D eigenvalue weighted by molar-refractivity contribution is -0.887. The van der Waals surface area contributed by atoms with Gasteiger partial charge >= 0.3 is 0 Å². The molecule has 33 heavy (non-hydrogen) atoms. The highest BCUT2D eigenvalue weighted by atomic mass is 19.1. The number of carbonyl (C=O) groups excluding carboxylic acids is 1. The van der Waals surface area contributed by atoms with Crippen LogP contribution in [0.5, 0.6) is 0 Å². The number of quaternary nitrogens is 1. The molecule has 2 aliphatic rings. The van der Waals surface area contributed by atoms with Crippen LogP contribution in [0.3, 0.4) is 0 Å². The fourth-order valence-electron chi connectivity index (χ4n) is 5.10. The first-order valence-corrected chi connectivity index (χ1v) is 12.7. The van der Waals surface area contributed by atoms with Crippen LogP contribution >= 0.6 is 0 Å². The summed E-state index contributed by atoms with van der Waals surface area (Å²) in [6, 6.07) is 11.2. The standard InChI is InChI=1S/C20H30N2O.C9H13F/c1-21(2)18-12-14-22(15-13-18)20(23)19(17-10-6-7-11-17)16-8-4-3-5-9-16;1-4-6-7-9(5-2)8(3)10/h3-5,8-9,17-19H,6-7,10-15H2,1-2H3;4,6-7H,1,5H2,2-3H3/p+1/b;7-6-,9-8+. The number of piperidine rings is 1. The molecule has 1 atom stereocenters. The lowest BCUT2D eigenvalue weighted by Crippen LogP contribution is -3.10. The summed E-state index contributed by atoms with van der Waals surface area (Å²) in [5, 5.41) is 0. The van der Waals surface area contributed by atoms with Gasteiger partial charge < -0.3 is 9.80 Å². The highest BCUT2D eigenvalue weighted by Crippen LogP contribution is 2.38. The van der Waals surface area contributed by atoms with Crippen LogP contribution < -0.4 is 4.90 Å². The van der Waals surface area contributed by atoms with Crippen molar-refractivity contribution in [2.75, 3.05) is 27.2 Å². The number of benzene rings is 1. The summed E-state index contributed by atoms with van der Waals surface area (Å²) >= 11 is 0. The first kappa shape index (κ1) is 27.0. The van der Waals surface area contributed by atoms with Gasteiger partial charge in [-0.05, 0) is 43.2 Å². The van der Waals surface area contributed by atoms with E-state index in [-0.39, 0.29) is 11.7 Å². The van der Waals surface area contributed by atoms with Gasteiger partial charge in [0.1, 0.15) is 0 Å². The number of nitrogens with one attached hydrogen (secondary N) is 1. The summed E-state index contributed by atoms with van der Waals surface area (Å²) in [6.07, 6.45) is 13.1. The molecule has 0 radical (unpaired) electrons. The zero-order valence-corrected chi connectivity index (χ0v) is 21.2. The molecule has 1 aromatic carbocycles. The molecular formula is C29H44FN2O+. The third kappa shape index (κ3) is 8.26. The molecule has 1 saturated heterocycles. The van der Waals surface area contributed by atoms with Crippen molar-refractivity contribution < 1.29 is 14.1 Å². The van der Waals surface area contributed by atoms with Crippen LogP contribution in [0.1, 0.15) is 70.3 Å². The van der Waals surface area contributed by atoms with Crippen molar-refractivity contribution in [1.82, 2.24) is 4.90 Å². The molecule has 1 unspecified atom stereocenters. The van der Waals surface area contributed by atoms with Crippen molar-refractivity contribution in [3.05, 3.63) is 72.1 Å². The molecular weight excluding hydrogens is 411 g/mol. The first-order chi connectivity index (χ1) is 15.9. The Labute approximate surface area is 201 Å². The van der Waals surface area contributed by atoms with Gasteiger partial charge in [-0.25, -0.2) is 4.39 Å². The number of rotatable bonds is 7. The summed E-state index contributed by atoms with van der Waals surface area (Å²) < 4.78 is 12.5. The second-order valence-electron chi connectivity index (χ2n) is 9.62. The van der Waals surface area contributed by atoms with E-state index in [1.165, 1.54) is 43.1 Å². The predicted molar refractivity (Wildman–Crippen MR) is 137 cm³/mol. The quantitative estimate of drug-likeness (QED) is 0.541. The normalized spacial score (nSPS) is 19.3. The van der Waals surface area contributed by atoms with Gasteiger partial charge in [0.2, 0.25) is 5.91 Å². The molecule has 0 bridgehead atoms. The minimum atomic E-state index is -0.111. The van der Waals surface area contributed by atoms with E-state index in [2.05, 4.69) is 49.8 Å². The van der Waals surface area contributed by atoms with Gasteiger partial charge in [0.05, 0.1) is 31.9 Å². The molecule has 1 amide bonds. The zero-order chi connectivity index (χ0) is 24.2. The average Bonchev–Trinajstić information content (AvgIpc) is 3.35. The highest BCUT2D eigenvalue weighted by Gasteiger charge is 2.36. The molecule has 0 aromatic heterocycles. The lowest BCUT2D eigenvalue weighted by Gasteiger charge is -2.36. The first-order valence-electron chi connectivity index (χ1n) is 12.7. The van der Waals surface area contributed by atoms with E-state index in [0.717, 1.165) is 37.9 Å². The van der Waals surface area contributed by atoms with Crippen LogP contribution in [0.2, 0.25) is 0 Å². The van der Waals surface area contributed by atoms with E-state index >= 15 is 0 Å². The maximum absolute atomic E-state index is 13.3. The van der Waals surface area contributed by atoms with Crippen molar-refractivity contribution in [1.29, 1.82) is 0 Å². The summed E-state index contributed by atoms with van der Waals surface area (Å²) in [4.78, 5) is 17.0. The minimum Gasteiger partial charge on any atom is -0.342 e. The number of amides is 1. The maximum Gasteiger partial charge on any atom is 0.230 e. The second kappa shape index (κ2) is 14.1. The summed E-state index contributed by atoms with van der Waals surface area (Å²) in [5.41, 5.74) is 1.96. The van der Waals surface area contributed by atoms with Crippen molar-refractivity contribution >= 4 is 5.91 Å². The Hall–Kier alpha value is -2.20. The zero-order valence-electron chi connectivity index (χ0n) is 21.2. The van der Waals surface area contributed by atoms with Gasteiger partial charge in [-0.3, -0.25) is 4.79 Å². The molecule has 1 aliphatic carbocycles. The third-order valence-corrected chi connectivity index (χ3v) is 7.18. The van der Waals surface area contributed by atoms with Crippen molar-refractivity contribution in [2.24, 2.45) is 5.92 Å². The molecule has 1 heterocycles. The number of hydrogen-bond acceptors (Lipinski definition) is 1. The average molecular weight is 456 g/mol. The Morgan fingerprint density at radius 2 is 1.76 bits per heavy atom. The van der Waals surface area contributed by atoms with Crippen LogP contribution in [-0.2, 0) is 4.79 Å². The van der Waals surface area contributed by atoms with Gasteiger partial charge in [0, 0.05) is 25.9 Å². The van der Waals surface area contributed by atoms with Crippen LogP contribution in [0.25, 0.3) is 0 Å². The summed E-state index contributed by atoms with van der Waals surface area (Å²) in [6.45, 7) is 8.75. The van der Waals surface area contributed by atoms with Gasteiger partial charge in [-0.15, -0.1) is 0 Å². The Kier molecular flexibility index (Phi) is 11.6. The van der Waals surface area contributed by atoms with Crippen LogP contribution in [0.15, 0.2) is 66.5 Å². The fourth-order valence-corrected chi connectivity index (χ4v) is 5.10. The molecule has 3 rings (SSSR count).